The number of aliphatic hydroxyl groups is 1. The smallest absolute Gasteiger partial charge is 0.205 e. The van der Waals surface area contributed by atoms with Crippen LogP contribution in [0, 0.1) is 5.41 Å². The molecule has 4 heteroatoms. The molecule has 1 aromatic carbocycles. The average Bonchev–Trinajstić information content (AvgIpc) is 2.23. The van der Waals surface area contributed by atoms with Crippen LogP contribution in [0.15, 0.2) is 18.2 Å². The molecule has 3 N–H and O–H groups in total. The Morgan fingerprint density at radius 1 is 1.28 bits per heavy atom. The minimum absolute atomic E-state index is 0.00244. The Morgan fingerprint density at radius 2 is 1.89 bits per heavy atom. The Morgan fingerprint density at radius 3 is 2.33 bits per heavy atom. The van der Waals surface area contributed by atoms with Crippen molar-refractivity contribution in [2.24, 2.45) is 5.41 Å². The Labute approximate surface area is 112 Å². The SMILES string of the molecule is C[Si](C)OC(c1cc(N)cc(CO)c1)C(C)(C)C. The van der Waals surface area contributed by atoms with Gasteiger partial charge in [0.1, 0.15) is 0 Å². The lowest BCUT2D eigenvalue weighted by Gasteiger charge is -2.33. The fourth-order valence-corrected chi connectivity index (χ4v) is 2.93. The van der Waals surface area contributed by atoms with E-state index in [0.717, 1.165) is 11.1 Å². The van der Waals surface area contributed by atoms with Gasteiger partial charge >= 0.3 is 0 Å². The number of rotatable bonds is 4. The lowest BCUT2D eigenvalue weighted by molar-refractivity contribution is 0.0865. The minimum atomic E-state index is -0.798. The molecule has 0 bridgehead atoms. The van der Waals surface area contributed by atoms with Gasteiger partial charge < -0.3 is 15.3 Å². The summed E-state index contributed by atoms with van der Waals surface area (Å²) in [4.78, 5) is 0. The molecule has 101 valence electrons. The number of hydrogen-bond acceptors (Lipinski definition) is 3. The van der Waals surface area contributed by atoms with Gasteiger partial charge in [-0.15, -0.1) is 0 Å². The zero-order valence-electron chi connectivity index (χ0n) is 11.9. The van der Waals surface area contributed by atoms with E-state index in [0.29, 0.717) is 5.69 Å². The van der Waals surface area contributed by atoms with E-state index in [1.165, 1.54) is 0 Å². The third-order valence-electron chi connectivity index (χ3n) is 2.66. The first-order valence-electron chi connectivity index (χ1n) is 6.21. The molecule has 1 radical (unpaired) electrons. The molecule has 0 fully saturated rings. The van der Waals surface area contributed by atoms with E-state index in [9.17, 15) is 5.11 Å². The number of nitrogen functional groups attached to an aromatic ring is 1. The lowest BCUT2D eigenvalue weighted by atomic mass is 9.84. The third-order valence-corrected chi connectivity index (χ3v) is 3.37. The first-order chi connectivity index (χ1) is 8.24. The van der Waals surface area contributed by atoms with Gasteiger partial charge in [0, 0.05) is 5.69 Å². The molecular formula is C14H24NO2Si. The summed E-state index contributed by atoms with van der Waals surface area (Å²) < 4.78 is 6.12. The Kier molecular flexibility index (Phi) is 4.96. The fraction of sp³-hybridized carbons (Fsp3) is 0.571. The van der Waals surface area contributed by atoms with Crippen molar-refractivity contribution in [2.45, 2.75) is 46.6 Å². The summed E-state index contributed by atoms with van der Waals surface area (Å²) in [5.41, 5.74) is 8.46. The summed E-state index contributed by atoms with van der Waals surface area (Å²) >= 11 is 0. The normalized spacial score (nSPS) is 13.9. The predicted octanol–water partition coefficient (Wildman–Crippen LogP) is 3.12. The highest BCUT2D eigenvalue weighted by Gasteiger charge is 2.28. The van der Waals surface area contributed by atoms with Crippen LogP contribution in [0.1, 0.15) is 38.0 Å². The van der Waals surface area contributed by atoms with Gasteiger partial charge in [-0.05, 0) is 41.8 Å². The molecule has 0 saturated heterocycles. The van der Waals surface area contributed by atoms with Crippen molar-refractivity contribution >= 4 is 14.7 Å². The van der Waals surface area contributed by atoms with E-state index in [1.807, 2.05) is 12.1 Å². The van der Waals surface area contributed by atoms with Gasteiger partial charge in [0.05, 0.1) is 12.7 Å². The van der Waals surface area contributed by atoms with Gasteiger partial charge in [0.15, 0.2) is 0 Å². The fourth-order valence-electron chi connectivity index (χ4n) is 1.97. The van der Waals surface area contributed by atoms with E-state index in [1.54, 1.807) is 6.07 Å². The second kappa shape index (κ2) is 5.86. The van der Waals surface area contributed by atoms with E-state index < -0.39 is 9.04 Å². The third kappa shape index (κ3) is 4.12. The molecule has 0 aromatic heterocycles. The molecule has 3 nitrogen and oxygen atoms in total. The van der Waals surface area contributed by atoms with E-state index in [4.69, 9.17) is 10.2 Å². The molecule has 0 saturated carbocycles. The van der Waals surface area contributed by atoms with Gasteiger partial charge in [0.2, 0.25) is 9.04 Å². The van der Waals surface area contributed by atoms with Crippen molar-refractivity contribution in [2.75, 3.05) is 5.73 Å². The summed E-state index contributed by atoms with van der Waals surface area (Å²) in [6.07, 6.45) is 0.00943. The average molecular weight is 266 g/mol. The quantitative estimate of drug-likeness (QED) is 0.650. The second-order valence-electron chi connectivity index (χ2n) is 5.94. The lowest BCUT2D eigenvalue weighted by Crippen LogP contribution is -2.26. The first kappa shape index (κ1) is 15.2. The van der Waals surface area contributed by atoms with Crippen molar-refractivity contribution in [3.63, 3.8) is 0 Å². The molecule has 0 aliphatic heterocycles. The zero-order chi connectivity index (χ0) is 13.9. The number of anilines is 1. The summed E-state index contributed by atoms with van der Waals surface area (Å²) in [5, 5.41) is 9.26. The van der Waals surface area contributed by atoms with Gasteiger partial charge in [-0.1, -0.05) is 26.8 Å². The molecule has 0 spiro atoms. The summed E-state index contributed by atoms with van der Waals surface area (Å²) in [5.74, 6) is 0. The van der Waals surface area contributed by atoms with Crippen molar-refractivity contribution in [3.05, 3.63) is 29.3 Å². The Hall–Kier alpha value is -0.843. The Balaban J connectivity index is 3.16. The monoisotopic (exact) mass is 266 g/mol. The Bertz CT molecular complexity index is 399. The van der Waals surface area contributed by atoms with Crippen LogP contribution in [-0.2, 0) is 11.0 Å². The molecule has 1 atom stereocenters. The highest BCUT2D eigenvalue weighted by Crippen LogP contribution is 2.37. The number of nitrogens with two attached hydrogens (primary N) is 1. The predicted molar refractivity (Wildman–Crippen MR) is 77.5 cm³/mol. The van der Waals surface area contributed by atoms with Gasteiger partial charge in [0.25, 0.3) is 0 Å². The largest absolute Gasteiger partial charge is 0.410 e. The highest BCUT2D eigenvalue weighted by atomic mass is 28.3. The maximum atomic E-state index is 9.26. The highest BCUT2D eigenvalue weighted by molar-refractivity contribution is 6.48. The van der Waals surface area contributed by atoms with E-state index in [2.05, 4.69) is 33.9 Å². The molecular weight excluding hydrogens is 242 g/mol. The molecule has 0 aliphatic carbocycles. The van der Waals surface area contributed by atoms with Crippen molar-refractivity contribution in [1.29, 1.82) is 0 Å². The zero-order valence-corrected chi connectivity index (χ0v) is 12.9. The molecule has 1 unspecified atom stereocenters. The van der Waals surface area contributed by atoms with Crippen LogP contribution in [0.2, 0.25) is 13.1 Å². The van der Waals surface area contributed by atoms with Crippen molar-refractivity contribution in [3.8, 4) is 0 Å². The second-order valence-corrected chi connectivity index (χ2v) is 7.99. The van der Waals surface area contributed by atoms with Crippen LogP contribution in [0.5, 0.6) is 0 Å². The van der Waals surface area contributed by atoms with Crippen LogP contribution >= 0.6 is 0 Å². The van der Waals surface area contributed by atoms with Crippen LogP contribution in [-0.4, -0.2) is 14.1 Å². The molecule has 0 amide bonds. The molecule has 1 rings (SSSR count). The van der Waals surface area contributed by atoms with Crippen LogP contribution < -0.4 is 5.73 Å². The summed E-state index contributed by atoms with van der Waals surface area (Å²) in [6, 6.07) is 5.73. The standard InChI is InChI=1S/C14H24NO2Si/c1-14(2,3)13(17-18(4)5)11-6-10(9-16)7-12(15)8-11/h6-8,13,16H,9,15H2,1-5H3. The maximum absolute atomic E-state index is 9.26. The number of aliphatic hydroxyl groups excluding tert-OH is 1. The van der Waals surface area contributed by atoms with Crippen LogP contribution in [0.4, 0.5) is 5.69 Å². The maximum Gasteiger partial charge on any atom is 0.205 e. The number of benzene rings is 1. The summed E-state index contributed by atoms with van der Waals surface area (Å²) in [6.45, 7) is 10.7. The molecule has 1 aromatic rings. The minimum Gasteiger partial charge on any atom is -0.410 e. The van der Waals surface area contributed by atoms with Crippen molar-refractivity contribution in [1.82, 2.24) is 0 Å². The van der Waals surface area contributed by atoms with E-state index >= 15 is 0 Å². The first-order valence-corrected chi connectivity index (χ1v) is 8.62. The van der Waals surface area contributed by atoms with Crippen LogP contribution in [0.3, 0.4) is 0 Å². The number of hydrogen-bond donors (Lipinski definition) is 2. The molecule has 0 aliphatic rings. The van der Waals surface area contributed by atoms with Crippen molar-refractivity contribution < 1.29 is 9.53 Å². The molecule has 18 heavy (non-hydrogen) atoms. The van der Waals surface area contributed by atoms with Gasteiger partial charge in [-0.3, -0.25) is 0 Å². The topological polar surface area (TPSA) is 55.5 Å². The summed E-state index contributed by atoms with van der Waals surface area (Å²) in [7, 11) is -0.798. The van der Waals surface area contributed by atoms with Crippen LogP contribution in [0.25, 0.3) is 0 Å². The van der Waals surface area contributed by atoms with E-state index in [-0.39, 0.29) is 18.1 Å². The van der Waals surface area contributed by atoms with Gasteiger partial charge in [-0.25, -0.2) is 0 Å². The molecule has 0 heterocycles. The van der Waals surface area contributed by atoms with Gasteiger partial charge in [-0.2, -0.15) is 0 Å².